The SMILES string of the molecule is CC(c1ccc(Cl)cc1)N(C)C(=O)NCCC(=O)O. The smallest absolute Gasteiger partial charge is 0.317 e. The van der Waals surface area contributed by atoms with Crippen LogP contribution in [0.1, 0.15) is 24.9 Å². The second kappa shape index (κ2) is 6.99. The van der Waals surface area contributed by atoms with Crippen molar-refractivity contribution < 1.29 is 14.7 Å². The molecule has 1 unspecified atom stereocenters. The molecule has 1 aromatic rings. The summed E-state index contributed by atoms with van der Waals surface area (Å²) >= 11 is 5.81. The number of benzene rings is 1. The van der Waals surface area contributed by atoms with Crippen LogP contribution in [0.3, 0.4) is 0 Å². The Morgan fingerprint density at radius 2 is 1.95 bits per heavy atom. The van der Waals surface area contributed by atoms with Gasteiger partial charge in [-0.2, -0.15) is 0 Å². The Morgan fingerprint density at radius 3 is 2.47 bits per heavy atom. The molecule has 1 atom stereocenters. The van der Waals surface area contributed by atoms with Crippen LogP contribution in [0, 0.1) is 0 Å². The fourth-order valence-electron chi connectivity index (χ4n) is 1.54. The third-order valence-electron chi connectivity index (χ3n) is 2.87. The number of halogens is 1. The molecule has 1 rings (SSSR count). The molecule has 104 valence electrons. The molecule has 0 spiro atoms. The van der Waals surface area contributed by atoms with Gasteiger partial charge in [-0.25, -0.2) is 4.79 Å². The Hall–Kier alpha value is -1.75. The topological polar surface area (TPSA) is 69.6 Å². The summed E-state index contributed by atoms with van der Waals surface area (Å²) in [6, 6.07) is 6.82. The van der Waals surface area contributed by atoms with Crippen molar-refractivity contribution in [1.29, 1.82) is 0 Å². The summed E-state index contributed by atoms with van der Waals surface area (Å²) in [5, 5.41) is 11.7. The maximum Gasteiger partial charge on any atom is 0.317 e. The molecule has 0 aliphatic heterocycles. The lowest BCUT2D eigenvalue weighted by Gasteiger charge is -2.25. The van der Waals surface area contributed by atoms with Crippen molar-refractivity contribution in [3.63, 3.8) is 0 Å². The van der Waals surface area contributed by atoms with Crippen LogP contribution in [0.5, 0.6) is 0 Å². The van der Waals surface area contributed by atoms with Gasteiger partial charge in [-0.3, -0.25) is 4.79 Å². The van der Waals surface area contributed by atoms with E-state index in [1.165, 1.54) is 4.90 Å². The van der Waals surface area contributed by atoms with E-state index in [9.17, 15) is 9.59 Å². The van der Waals surface area contributed by atoms with Crippen LogP contribution >= 0.6 is 11.6 Å². The van der Waals surface area contributed by atoms with Crippen LogP contribution in [-0.2, 0) is 4.79 Å². The van der Waals surface area contributed by atoms with Crippen molar-refractivity contribution in [1.82, 2.24) is 10.2 Å². The minimum atomic E-state index is -0.936. The van der Waals surface area contributed by atoms with Crippen molar-refractivity contribution in [3.8, 4) is 0 Å². The van der Waals surface area contributed by atoms with E-state index >= 15 is 0 Å². The monoisotopic (exact) mass is 284 g/mol. The van der Waals surface area contributed by atoms with E-state index in [-0.39, 0.29) is 25.0 Å². The Bertz CT molecular complexity index is 448. The molecule has 0 saturated carbocycles. The van der Waals surface area contributed by atoms with Crippen LogP contribution in [-0.4, -0.2) is 35.6 Å². The average molecular weight is 285 g/mol. The molecule has 0 saturated heterocycles. The molecular formula is C13H17ClN2O3. The number of rotatable bonds is 5. The number of nitrogens with zero attached hydrogens (tertiary/aromatic N) is 1. The summed E-state index contributed by atoms with van der Waals surface area (Å²) in [6.07, 6.45) is -0.0884. The minimum absolute atomic E-state index is 0.0884. The van der Waals surface area contributed by atoms with Gasteiger partial charge in [-0.15, -0.1) is 0 Å². The maximum atomic E-state index is 11.8. The Morgan fingerprint density at radius 1 is 1.37 bits per heavy atom. The number of carboxylic acid groups (broad SMARTS) is 1. The molecule has 19 heavy (non-hydrogen) atoms. The predicted molar refractivity (Wildman–Crippen MR) is 73.3 cm³/mol. The van der Waals surface area contributed by atoms with Gasteiger partial charge in [-0.1, -0.05) is 23.7 Å². The Labute approximate surface area is 117 Å². The zero-order valence-corrected chi connectivity index (χ0v) is 11.6. The second-order valence-electron chi connectivity index (χ2n) is 4.21. The summed E-state index contributed by atoms with van der Waals surface area (Å²) < 4.78 is 0. The molecule has 0 radical (unpaired) electrons. The first-order chi connectivity index (χ1) is 8.91. The number of hydrogen-bond acceptors (Lipinski definition) is 2. The second-order valence-corrected chi connectivity index (χ2v) is 4.65. The molecule has 0 heterocycles. The van der Waals surface area contributed by atoms with Gasteiger partial charge in [0.1, 0.15) is 0 Å². The van der Waals surface area contributed by atoms with Crippen LogP contribution in [0.15, 0.2) is 24.3 Å². The lowest BCUT2D eigenvalue weighted by molar-refractivity contribution is -0.136. The zero-order valence-electron chi connectivity index (χ0n) is 10.9. The van der Waals surface area contributed by atoms with Crippen molar-refractivity contribution in [2.75, 3.05) is 13.6 Å². The Balaban J connectivity index is 2.56. The largest absolute Gasteiger partial charge is 0.481 e. The highest BCUT2D eigenvalue weighted by molar-refractivity contribution is 6.30. The lowest BCUT2D eigenvalue weighted by Crippen LogP contribution is -2.39. The number of urea groups is 1. The molecule has 0 fully saturated rings. The van der Waals surface area contributed by atoms with Crippen molar-refractivity contribution >= 4 is 23.6 Å². The van der Waals surface area contributed by atoms with E-state index in [4.69, 9.17) is 16.7 Å². The highest BCUT2D eigenvalue weighted by atomic mass is 35.5. The summed E-state index contributed by atoms with van der Waals surface area (Å²) in [6.45, 7) is 2.01. The van der Waals surface area contributed by atoms with E-state index in [0.29, 0.717) is 5.02 Å². The molecule has 0 bridgehead atoms. The number of nitrogens with one attached hydrogen (secondary N) is 1. The number of carboxylic acids is 1. The van der Waals surface area contributed by atoms with Crippen LogP contribution < -0.4 is 5.32 Å². The van der Waals surface area contributed by atoms with Gasteiger partial charge >= 0.3 is 12.0 Å². The highest BCUT2D eigenvalue weighted by Gasteiger charge is 2.17. The number of carbonyl (C=O) groups is 2. The average Bonchev–Trinajstić information content (AvgIpc) is 2.37. The summed E-state index contributed by atoms with van der Waals surface area (Å²) in [7, 11) is 1.66. The van der Waals surface area contributed by atoms with E-state index in [0.717, 1.165) is 5.56 Å². The predicted octanol–water partition coefficient (Wildman–Crippen LogP) is 2.52. The van der Waals surface area contributed by atoms with Crippen LogP contribution in [0.25, 0.3) is 0 Å². The quantitative estimate of drug-likeness (QED) is 0.873. The molecular weight excluding hydrogens is 268 g/mol. The number of aliphatic carboxylic acids is 1. The first-order valence-corrected chi connectivity index (χ1v) is 6.27. The van der Waals surface area contributed by atoms with Crippen molar-refractivity contribution in [3.05, 3.63) is 34.9 Å². The molecule has 0 aliphatic carbocycles. The highest BCUT2D eigenvalue weighted by Crippen LogP contribution is 2.20. The fraction of sp³-hybridized carbons (Fsp3) is 0.385. The van der Waals surface area contributed by atoms with Gasteiger partial charge in [-0.05, 0) is 24.6 Å². The van der Waals surface area contributed by atoms with Gasteiger partial charge in [0.15, 0.2) is 0 Å². The van der Waals surface area contributed by atoms with Gasteiger partial charge in [0, 0.05) is 18.6 Å². The minimum Gasteiger partial charge on any atom is -0.481 e. The lowest BCUT2D eigenvalue weighted by atomic mass is 10.1. The first kappa shape index (κ1) is 15.3. The molecule has 5 nitrogen and oxygen atoms in total. The summed E-state index contributed by atoms with van der Waals surface area (Å²) in [5.41, 5.74) is 0.959. The third kappa shape index (κ3) is 4.79. The van der Waals surface area contributed by atoms with E-state index in [2.05, 4.69) is 5.32 Å². The molecule has 1 aromatic carbocycles. The number of amides is 2. The molecule has 2 amide bonds. The van der Waals surface area contributed by atoms with E-state index in [1.54, 1.807) is 19.2 Å². The number of carbonyl (C=O) groups excluding carboxylic acids is 1. The van der Waals surface area contributed by atoms with Crippen molar-refractivity contribution in [2.45, 2.75) is 19.4 Å². The maximum absolute atomic E-state index is 11.8. The normalized spacial score (nSPS) is 11.7. The standard InChI is InChI=1S/C13H17ClN2O3/c1-9(10-3-5-11(14)6-4-10)16(2)13(19)15-8-7-12(17)18/h3-6,9H,7-8H2,1-2H3,(H,15,19)(H,17,18). The first-order valence-electron chi connectivity index (χ1n) is 5.89. The zero-order chi connectivity index (χ0) is 14.4. The van der Waals surface area contributed by atoms with Gasteiger partial charge < -0.3 is 15.3 Å². The van der Waals surface area contributed by atoms with Gasteiger partial charge in [0.05, 0.1) is 12.5 Å². The molecule has 0 aromatic heterocycles. The Kier molecular flexibility index (Phi) is 5.63. The third-order valence-corrected chi connectivity index (χ3v) is 3.12. The summed E-state index contributed by atoms with van der Waals surface area (Å²) in [4.78, 5) is 23.7. The molecule has 2 N–H and O–H groups in total. The van der Waals surface area contributed by atoms with E-state index < -0.39 is 5.97 Å². The fourth-order valence-corrected chi connectivity index (χ4v) is 1.67. The van der Waals surface area contributed by atoms with Crippen molar-refractivity contribution in [2.24, 2.45) is 0 Å². The number of hydrogen-bond donors (Lipinski definition) is 2. The van der Waals surface area contributed by atoms with Crippen LogP contribution in [0.2, 0.25) is 5.02 Å². The molecule has 0 aliphatic rings. The van der Waals surface area contributed by atoms with Crippen LogP contribution in [0.4, 0.5) is 4.79 Å². The van der Waals surface area contributed by atoms with Gasteiger partial charge in [0.25, 0.3) is 0 Å². The van der Waals surface area contributed by atoms with E-state index in [1.807, 2.05) is 19.1 Å². The summed E-state index contributed by atoms with van der Waals surface area (Å²) in [5.74, 6) is -0.936. The van der Waals surface area contributed by atoms with Gasteiger partial charge in [0.2, 0.25) is 0 Å². The molecule has 6 heteroatoms.